The maximum atomic E-state index is 13.1. The molecule has 0 radical (unpaired) electrons. The number of aromatic nitrogens is 1. The number of halogens is 1. The molecule has 24 heavy (non-hydrogen) atoms. The average molecular weight is 332 g/mol. The van der Waals surface area contributed by atoms with Crippen molar-refractivity contribution in [1.82, 2.24) is 9.88 Å². The summed E-state index contributed by atoms with van der Waals surface area (Å²) in [5, 5.41) is 0. The van der Waals surface area contributed by atoms with E-state index in [1.165, 1.54) is 12.1 Å². The molecule has 0 amide bonds. The SMILES string of the molecule is COCC(C)N(Cc1ccc(F)cc1)Cc1[nH]cc(C)c(=O)c1C. The van der Waals surface area contributed by atoms with Crippen molar-refractivity contribution in [2.24, 2.45) is 0 Å². The van der Waals surface area contributed by atoms with E-state index < -0.39 is 0 Å². The Labute approximate surface area is 142 Å². The summed E-state index contributed by atoms with van der Waals surface area (Å²) in [6.45, 7) is 7.56. The highest BCUT2D eigenvalue weighted by molar-refractivity contribution is 5.24. The second-order valence-corrected chi connectivity index (χ2v) is 6.24. The third kappa shape index (κ3) is 4.52. The minimum absolute atomic E-state index is 0.0740. The monoisotopic (exact) mass is 332 g/mol. The number of rotatable bonds is 7. The van der Waals surface area contributed by atoms with Crippen LogP contribution in [-0.4, -0.2) is 29.6 Å². The Hall–Kier alpha value is -1.98. The van der Waals surface area contributed by atoms with Crippen molar-refractivity contribution >= 4 is 0 Å². The Bertz CT molecular complexity index is 725. The Kier molecular flexibility index (Phi) is 6.29. The van der Waals surface area contributed by atoms with Crippen molar-refractivity contribution in [2.75, 3.05) is 13.7 Å². The molecule has 2 rings (SSSR count). The molecule has 1 atom stereocenters. The fraction of sp³-hybridized carbons (Fsp3) is 0.421. The summed E-state index contributed by atoms with van der Waals surface area (Å²) in [6, 6.07) is 6.66. The molecular formula is C19H25FN2O2. The summed E-state index contributed by atoms with van der Waals surface area (Å²) in [5.74, 6) is -0.242. The number of pyridine rings is 1. The van der Waals surface area contributed by atoms with E-state index >= 15 is 0 Å². The van der Waals surface area contributed by atoms with Gasteiger partial charge in [0.1, 0.15) is 5.82 Å². The molecule has 1 unspecified atom stereocenters. The van der Waals surface area contributed by atoms with Gasteiger partial charge in [-0.3, -0.25) is 9.69 Å². The first-order valence-corrected chi connectivity index (χ1v) is 8.07. The zero-order valence-electron chi connectivity index (χ0n) is 14.7. The lowest BCUT2D eigenvalue weighted by atomic mass is 10.1. The van der Waals surface area contributed by atoms with Crippen LogP contribution in [0, 0.1) is 19.7 Å². The Morgan fingerprint density at radius 2 is 1.88 bits per heavy atom. The number of aryl methyl sites for hydroxylation is 1. The lowest BCUT2D eigenvalue weighted by Gasteiger charge is -2.29. The number of hydrogen-bond donors (Lipinski definition) is 1. The van der Waals surface area contributed by atoms with Gasteiger partial charge in [-0.2, -0.15) is 0 Å². The maximum absolute atomic E-state index is 13.1. The molecule has 0 spiro atoms. The van der Waals surface area contributed by atoms with E-state index in [4.69, 9.17) is 4.74 Å². The summed E-state index contributed by atoms with van der Waals surface area (Å²) in [6.07, 6.45) is 1.75. The Balaban J connectivity index is 2.24. The molecule has 0 aliphatic carbocycles. The predicted molar refractivity (Wildman–Crippen MR) is 93.5 cm³/mol. The van der Waals surface area contributed by atoms with Crippen molar-refractivity contribution in [3.63, 3.8) is 0 Å². The van der Waals surface area contributed by atoms with Gasteiger partial charge in [-0.15, -0.1) is 0 Å². The zero-order valence-corrected chi connectivity index (χ0v) is 14.7. The van der Waals surface area contributed by atoms with Crippen LogP contribution in [0.2, 0.25) is 0 Å². The van der Waals surface area contributed by atoms with Crippen LogP contribution in [0.25, 0.3) is 0 Å². The smallest absolute Gasteiger partial charge is 0.187 e. The summed E-state index contributed by atoms with van der Waals surface area (Å²) >= 11 is 0. The van der Waals surface area contributed by atoms with Crippen molar-refractivity contribution < 1.29 is 9.13 Å². The molecule has 0 aliphatic heterocycles. The van der Waals surface area contributed by atoms with Gasteiger partial charge in [0.15, 0.2) is 5.43 Å². The molecule has 2 aromatic rings. The van der Waals surface area contributed by atoms with Crippen LogP contribution in [0.1, 0.15) is 29.3 Å². The van der Waals surface area contributed by atoms with E-state index in [-0.39, 0.29) is 17.3 Å². The quantitative estimate of drug-likeness (QED) is 0.847. The van der Waals surface area contributed by atoms with Crippen LogP contribution >= 0.6 is 0 Å². The van der Waals surface area contributed by atoms with Crippen molar-refractivity contribution in [1.29, 1.82) is 0 Å². The third-order valence-electron chi connectivity index (χ3n) is 4.31. The standard InChI is InChI=1S/C19H25FN2O2/c1-13-9-21-18(15(3)19(13)23)11-22(14(2)12-24-4)10-16-5-7-17(20)8-6-16/h5-9,14H,10-12H2,1-4H3,(H,21,23). The van der Waals surface area contributed by atoms with E-state index in [0.717, 1.165) is 16.8 Å². The van der Waals surface area contributed by atoms with Gasteiger partial charge in [-0.05, 0) is 38.5 Å². The van der Waals surface area contributed by atoms with Gasteiger partial charge >= 0.3 is 0 Å². The number of aromatic amines is 1. The number of methoxy groups -OCH3 is 1. The minimum atomic E-state index is -0.242. The number of H-pyrrole nitrogens is 1. The highest BCUT2D eigenvalue weighted by Crippen LogP contribution is 2.14. The first-order valence-electron chi connectivity index (χ1n) is 8.07. The van der Waals surface area contributed by atoms with Gasteiger partial charge < -0.3 is 9.72 Å². The number of nitrogens with one attached hydrogen (secondary N) is 1. The van der Waals surface area contributed by atoms with Crippen molar-refractivity contribution in [3.05, 3.63) is 68.9 Å². The first-order chi connectivity index (χ1) is 11.4. The number of ether oxygens (including phenoxy) is 1. The molecule has 0 saturated carbocycles. The highest BCUT2D eigenvalue weighted by Gasteiger charge is 2.17. The van der Waals surface area contributed by atoms with Gasteiger partial charge in [-0.1, -0.05) is 12.1 Å². The summed E-state index contributed by atoms with van der Waals surface area (Å²) < 4.78 is 18.4. The molecule has 5 heteroatoms. The van der Waals surface area contributed by atoms with Crippen LogP contribution in [0.4, 0.5) is 4.39 Å². The Morgan fingerprint density at radius 3 is 2.50 bits per heavy atom. The summed E-state index contributed by atoms with van der Waals surface area (Å²) in [5.41, 5.74) is 3.45. The van der Waals surface area contributed by atoms with Crippen LogP contribution < -0.4 is 5.43 Å². The maximum Gasteiger partial charge on any atom is 0.187 e. The molecule has 1 aromatic heterocycles. The predicted octanol–water partition coefficient (Wildman–Crippen LogP) is 3.17. The van der Waals surface area contributed by atoms with E-state index in [1.54, 1.807) is 32.4 Å². The molecule has 1 N–H and O–H groups in total. The lowest BCUT2D eigenvalue weighted by Crippen LogP contribution is -2.36. The molecule has 0 aliphatic rings. The van der Waals surface area contributed by atoms with Gasteiger partial charge in [0, 0.05) is 49.3 Å². The molecule has 1 heterocycles. The molecule has 0 fully saturated rings. The van der Waals surface area contributed by atoms with Crippen LogP contribution in [0.3, 0.4) is 0 Å². The molecule has 1 aromatic carbocycles. The third-order valence-corrected chi connectivity index (χ3v) is 4.31. The zero-order chi connectivity index (χ0) is 17.7. The molecule has 130 valence electrons. The number of nitrogens with zero attached hydrogens (tertiary/aromatic N) is 1. The van der Waals surface area contributed by atoms with Crippen LogP contribution in [0.15, 0.2) is 35.3 Å². The van der Waals surface area contributed by atoms with E-state index in [9.17, 15) is 9.18 Å². The molecular weight excluding hydrogens is 307 g/mol. The van der Waals surface area contributed by atoms with Gasteiger partial charge in [-0.25, -0.2) is 4.39 Å². The number of benzene rings is 1. The van der Waals surface area contributed by atoms with E-state index in [2.05, 4.69) is 16.8 Å². The van der Waals surface area contributed by atoms with Crippen molar-refractivity contribution in [3.8, 4) is 0 Å². The highest BCUT2D eigenvalue weighted by atomic mass is 19.1. The lowest BCUT2D eigenvalue weighted by molar-refractivity contribution is 0.0885. The summed E-state index contributed by atoms with van der Waals surface area (Å²) in [7, 11) is 1.67. The fourth-order valence-electron chi connectivity index (χ4n) is 2.71. The van der Waals surface area contributed by atoms with Gasteiger partial charge in [0.2, 0.25) is 0 Å². The minimum Gasteiger partial charge on any atom is -0.383 e. The molecule has 0 bridgehead atoms. The van der Waals surface area contributed by atoms with E-state index in [0.29, 0.717) is 25.3 Å². The largest absolute Gasteiger partial charge is 0.383 e. The van der Waals surface area contributed by atoms with Crippen LogP contribution in [0.5, 0.6) is 0 Å². The summed E-state index contributed by atoms with van der Waals surface area (Å²) in [4.78, 5) is 17.6. The first kappa shape index (κ1) is 18.4. The van der Waals surface area contributed by atoms with Crippen LogP contribution in [-0.2, 0) is 17.8 Å². The Morgan fingerprint density at radius 1 is 1.21 bits per heavy atom. The van der Waals surface area contributed by atoms with Gasteiger partial charge in [0.25, 0.3) is 0 Å². The number of hydrogen-bond acceptors (Lipinski definition) is 3. The average Bonchev–Trinajstić information content (AvgIpc) is 2.56. The molecule has 4 nitrogen and oxygen atoms in total. The second kappa shape index (κ2) is 8.22. The molecule has 0 saturated heterocycles. The fourth-order valence-corrected chi connectivity index (χ4v) is 2.71. The normalized spacial score (nSPS) is 12.6. The second-order valence-electron chi connectivity index (χ2n) is 6.24. The van der Waals surface area contributed by atoms with E-state index in [1.807, 2.05) is 6.92 Å². The topological polar surface area (TPSA) is 45.3 Å². The van der Waals surface area contributed by atoms with Gasteiger partial charge in [0.05, 0.1) is 6.61 Å². The van der Waals surface area contributed by atoms with Crippen molar-refractivity contribution in [2.45, 2.75) is 39.9 Å².